The number of ether oxygens (including phenoxy) is 1. The quantitative estimate of drug-likeness (QED) is 0.276. The molecule has 0 aliphatic heterocycles. The summed E-state index contributed by atoms with van der Waals surface area (Å²) < 4.78 is 5.44. The van der Waals surface area contributed by atoms with Gasteiger partial charge in [-0.3, -0.25) is 9.59 Å². The van der Waals surface area contributed by atoms with Crippen molar-refractivity contribution in [1.82, 2.24) is 10.2 Å². The monoisotopic (exact) mass is 543 g/mol. The number of carbonyl (C=O) groups excluding carboxylic acids is 3. The minimum absolute atomic E-state index is 0.0960. The van der Waals surface area contributed by atoms with E-state index < -0.39 is 29.7 Å². The van der Waals surface area contributed by atoms with Gasteiger partial charge in [-0.05, 0) is 68.5 Å². The summed E-state index contributed by atoms with van der Waals surface area (Å²) >= 11 is 0. The molecule has 0 saturated heterocycles. The third kappa shape index (κ3) is 8.43. The third-order valence-corrected chi connectivity index (χ3v) is 6.28. The SMILES string of the molecule is C=CCN(C(=O)C(CC(C)C)NC(=O)OC(C)(C)C)C(C(=O)Nc1ccc2ccccc2c1)c1ccc(C)cc1. The molecule has 0 radical (unpaired) electrons. The Morgan fingerprint density at radius 1 is 0.975 bits per heavy atom. The molecule has 0 bridgehead atoms. The van der Waals surface area contributed by atoms with Crippen molar-refractivity contribution >= 4 is 34.4 Å². The molecular weight excluding hydrogens is 502 g/mol. The molecule has 0 fully saturated rings. The Bertz CT molecular complexity index is 1340. The predicted octanol–water partition coefficient (Wildman–Crippen LogP) is 6.78. The second-order valence-corrected chi connectivity index (χ2v) is 11.5. The highest BCUT2D eigenvalue weighted by molar-refractivity contribution is 6.00. The van der Waals surface area contributed by atoms with Crippen LogP contribution in [0.25, 0.3) is 10.8 Å². The average Bonchev–Trinajstić information content (AvgIpc) is 2.87. The van der Waals surface area contributed by atoms with Crippen LogP contribution in [0.5, 0.6) is 0 Å². The van der Waals surface area contributed by atoms with Gasteiger partial charge in [0.15, 0.2) is 0 Å². The Hall–Kier alpha value is -4.13. The smallest absolute Gasteiger partial charge is 0.408 e. The van der Waals surface area contributed by atoms with Crippen LogP contribution in [0.1, 0.15) is 58.2 Å². The molecule has 2 N–H and O–H groups in total. The lowest BCUT2D eigenvalue weighted by atomic mass is 9.98. The minimum atomic E-state index is -0.965. The Morgan fingerprint density at radius 3 is 2.23 bits per heavy atom. The average molecular weight is 544 g/mol. The first kappa shape index (κ1) is 30.4. The van der Waals surface area contributed by atoms with Crippen molar-refractivity contribution in [2.45, 2.75) is 65.6 Å². The number of rotatable bonds is 10. The highest BCUT2D eigenvalue weighted by Gasteiger charge is 2.36. The van der Waals surface area contributed by atoms with E-state index in [0.717, 1.165) is 16.3 Å². The molecule has 0 aliphatic carbocycles. The van der Waals surface area contributed by atoms with Gasteiger partial charge in [0.05, 0.1) is 0 Å². The summed E-state index contributed by atoms with van der Waals surface area (Å²) in [6.45, 7) is 15.1. The Balaban J connectivity index is 1.99. The lowest BCUT2D eigenvalue weighted by Crippen LogP contribution is -2.52. The number of carbonyl (C=O) groups is 3. The van der Waals surface area contributed by atoms with Crippen LogP contribution in [0.3, 0.4) is 0 Å². The normalized spacial score (nSPS) is 12.9. The fourth-order valence-electron chi connectivity index (χ4n) is 4.50. The number of fused-ring (bicyclic) bond motifs is 1. The highest BCUT2D eigenvalue weighted by atomic mass is 16.6. The van der Waals surface area contributed by atoms with Gasteiger partial charge in [-0.1, -0.05) is 80.1 Å². The topological polar surface area (TPSA) is 87.7 Å². The van der Waals surface area contributed by atoms with Crippen LogP contribution < -0.4 is 10.6 Å². The number of hydrogen-bond donors (Lipinski definition) is 2. The van der Waals surface area contributed by atoms with Crippen LogP contribution in [-0.4, -0.2) is 41.0 Å². The molecule has 3 aromatic rings. The van der Waals surface area contributed by atoms with Crippen LogP contribution in [0.2, 0.25) is 0 Å². The van der Waals surface area contributed by atoms with Gasteiger partial charge in [0, 0.05) is 12.2 Å². The van der Waals surface area contributed by atoms with Gasteiger partial charge in [0.2, 0.25) is 5.91 Å². The van der Waals surface area contributed by atoms with Crippen LogP contribution >= 0.6 is 0 Å². The minimum Gasteiger partial charge on any atom is -0.444 e. The van der Waals surface area contributed by atoms with Crippen molar-refractivity contribution in [2.24, 2.45) is 5.92 Å². The molecule has 40 heavy (non-hydrogen) atoms. The molecular formula is C33H41N3O4. The number of hydrogen-bond acceptors (Lipinski definition) is 4. The van der Waals surface area contributed by atoms with Crippen molar-refractivity contribution in [3.8, 4) is 0 Å². The largest absolute Gasteiger partial charge is 0.444 e. The molecule has 0 spiro atoms. The van der Waals surface area contributed by atoms with E-state index in [9.17, 15) is 14.4 Å². The lowest BCUT2D eigenvalue weighted by Gasteiger charge is -2.34. The standard InChI is InChI=1S/C33H41N3O4/c1-8-19-36(31(38)28(20-22(2)3)35-32(39)40-33(5,6)7)29(25-15-13-23(4)14-16-25)30(37)34-27-18-17-24-11-9-10-12-26(24)21-27/h8-18,21-22,28-29H,1,19-20H2,2-7H3,(H,34,37)(H,35,39). The molecule has 2 atom stereocenters. The summed E-state index contributed by atoms with van der Waals surface area (Å²) in [4.78, 5) is 42.2. The zero-order valence-electron chi connectivity index (χ0n) is 24.4. The Kier molecular flexibility index (Phi) is 10.1. The van der Waals surface area contributed by atoms with Crippen LogP contribution in [-0.2, 0) is 14.3 Å². The first-order valence-electron chi connectivity index (χ1n) is 13.6. The number of nitrogens with one attached hydrogen (secondary N) is 2. The zero-order chi connectivity index (χ0) is 29.4. The van der Waals surface area contributed by atoms with Crippen LogP contribution in [0.4, 0.5) is 10.5 Å². The van der Waals surface area contributed by atoms with Gasteiger partial charge < -0.3 is 20.3 Å². The molecule has 3 amide bonds. The van der Waals surface area contributed by atoms with E-state index in [2.05, 4.69) is 17.2 Å². The molecule has 7 nitrogen and oxygen atoms in total. The summed E-state index contributed by atoms with van der Waals surface area (Å²) in [7, 11) is 0. The zero-order valence-corrected chi connectivity index (χ0v) is 24.4. The van der Waals surface area contributed by atoms with Gasteiger partial charge in [-0.15, -0.1) is 6.58 Å². The van der Waals surface area contributed by atoms with E-state index in [0.29, 0.717) is 17.7 Å². The molecule has 0 heterocycles. The molecule has 2 unspecified atom stereocenters. The lowest BCUT2D eigenvalue weighted by molar-refractivity contribution is -0.140. The van der Waals surface area contributed by atoms with Crippen molar-refractivity contribution in [2.75, 3.05) is 11.9 Å². The summed E-state index contributed by atoms with van der Waals surface area (Å²) in [6, 6.07) is 19.3. The van der Waals surface area contributed by atoms with Crippen LogP contribution in [0.15, 0.2) is 79.4 Å². The van der Waals surface area contributed by atoms with Gasteiger partial charge in [0.25, 0.3) is 5.91 Å². The summed E-state index contributed by atoms with van der Waals surface area (Å²) in [6.07, 6.45) is 1.28. The molecule has 0 aromatic heterocycles. The van der Waals surface area contributed by atoms with Crippen molar-refractivity contribution in [3.05, 3.63) is 90.5 Å². The van der Waals surface area contributed by atoms with Crippen LogP contribution in [0, 0.1) is 12.8 Å². The summed E-state index contributed by atoms with van der Waals surface area (Å²) in [5.41, 5.74) is 1.58. The fraction of sp³-hybridized carbons (Fsp3) is 0.364. The maximum atomic E-state index is 14.1. The number of nitrogens with zero attached hydrogens (tertiary/aromatic N) is 1. The Morgan fingerprint density at radius 2 is 1.62 bits per heavy atom. The van der Waals surface area contributed by atoms with E-state index >= 15 is 0 Å². The fourth-order valence-corrected chi connectivity index (χ4v) is 4.50. The summed E-state index contributed by atoms with van der Waals surface area (Å²) in [5, 5.41) is 7.81. The number of aryl methyl sites for hydroxylation is 1. The highest BCUT2D eigenvalue weighted by Crippen LogP contribution is 2.27. The second-order valence-electron chi connectivity index (χ2n) is 11.5. The first-order valence-corrected chi connectivity index (χ1v) is 13.6. The molecule has 0 saturated carbocycles. The number of benzene rings is 3. The van der Waals surface area contributed by atoms with E-state index in [4.69, 9.17) is 4.74 Å². The van der Waals surface area contributed by atoms with Crippen molar-refractivity contribution < 1.29 is 19.1 Å². The van der Waals surface area contributed by atoms with E-state index in [1.165, 1.54) is 4.90 Å². The van der Waals surface area contributed by atoms with Gasteiger partial charge in [-0.2, -0.15) is 0 Å². The molecule has 3 rings (SSSR count). The molecule has 7 heteroatoms. The van der Waals surface area contributed by atoms with Gasteiger partial charge in [-0.25, -0.2) is 4.79 Å². The third-order valence-electron chi connectivity index (χ3n) is 6.28. The number of alkyl carbamates (subject to hydrolysis) is 1. The Labute approximate surface area is 237 Å². The van der Waals surface area contributed by atoms with Gasteiger partial charge in [0.1, 0.15) is 17.7 Å². The van der Waals surface area contributed by atoms with Gasteiger partial charge >= 0.3 is 6.09 Å². The second kappa shape index (κ2) is 13.3. The molecule has 212 valence electrons. The maximum absolute atomic E-state index is 14.1. The summed E-state index contributed by atoms with van der Waals surface area (Å²) in [5.74, 6) is -0.660. The number of amides is 3. The van der Waals surface area contributed by atoms with E-state index in [1.54, 1.807) is 26.8 Å². The molecule has 0 aliphatic rings. The first-order chi connectivity index (χ1) is 18.9. The van der Waals surface area contributed by atoms with Crippen molar-refractivity contribution in [3.63, 3.8) is 0 Å². The van der Waals surface area contributed by atoms with E-state index in [1.807, 2.05) is 87.5 Å². The van der Waals surface area contributed by atoms with Crippen molar-refractivity contribution in [1.29, 1.82) is 0 Å². The molecule has 3 aromatic carbocycles. The maximum Gasteiger partial charge on any atom is 0.408 e. The van der Waals surface area contributed by atoms with E-state index in [-0.39, 0.29) is 18.4 Å². The number of anilines is 1. The predicted molar refractivity (Wildman–Crippen MR) is 161 cm³/mol.